The third kappa shape index (κ3) is 5.10. The van der Waals surface area contributed by atoms with E-state index in [1.807, 2.05) is 4.90 Å². The van der Waals surface area contributed by atoms with Crippen LogP contribution in [0, 0.1) is 5.82 Å². The zero-order valence-electron chi connectivity index (χ0n) is 12.4. The number of amides is 1. The van der Waals surface area contributed by atoms with Gasteiger partial charge in [-0.3, -0.25) is 4.79 Å². The number of benzene rings is 1. The number of nitrogens with zero attached hydrogens (tertiary/aromatic N) is 2. The number of nitrogens with two attached hydrogens (primary N) is 1. The number of carbonyl (C=O) groups is 1. The van der Waals surface area contributed by atoms with Crippen molar-refractivity contribution >= 4 is 5.91 Å². The smallest absolute Gasteiger partial charge is 0.227 e. The molecule has 0 bridgehead atoms. The van der Waals surface area contributed by atoms with Gasteiger partial charge in [0, 0.05) is 19.6 Å². The Morgan fingerprint density at radius 3 is 2.62 bits per heavy atom. The molecule has 4 nitrogen and oxygen atoms in total. The summed E-state index contributed by atoms with van der Waals surface area (Å²) >= 11 is 0. The van der Waals surface area contributed by atoms with E-state index in [0.29, 0.717) is 13.0 Å². The van der Waals surface area contributed by atoms with Gasteiger partial charge in [0.1, 0.15) is 5.82 Å². The number of rotatable bonds is 5. The Balaban J connectivity index is 1.83. The minimum absolute atomic E-state index is 0.127. The monoisotopic (exact) mass is 293 g/mol. The van der Waals surface area contributed by atoms with Crippen LogP contribution in [0.2, 0.25) is 0 Å². The summed E-state index contributed by atoms with van der Waals surface area (Å²) in [6.45, 7) is 5.24. The Hall–Kier alpha value is -1.46. The van der Waals surface area contributed by atoms with Crippen molar-refractivity contribution in [3.05, 3.63) is 35.6 Å². The molecule has 0 unspecified atom stereocenters. The highest BCUT2D eigenvalue weighted by Crippen LogP contribution is 2.09. The van der Waals surface area contributed by atoms with E-state index in [9.17, 15) is 9.18 Å². The van der Waals surface area contributed by atoms with Crippen LogP contribution in [0.4, 0.5) is 4.39 Å². The SMILES string of the molecule is NCCCN1CCCN(C(=O)Cc2ccc(F)cc2)CC1. The van der Waals surface area contributed by atoms with Gasteiger partial charge in [0.2, 0.25) is 5.91 Å². The largest absolute Gasteiger partial charge is 0.341 e. The van der Waals surface area contributed by atoms with E-state index in [4.69, 9.17) is 5.73 Å². The third-order valence-corrected chi connectivity index (χ3v) is 3.89. The average Bonchev–Trinajstić information content (AvgIpc) is 2.73. The summed E-state index contributed by atoms with van der Waals surface area (Å²) in [4.78, 5) is 16.6. The number of halogens is 1. The van der Waals surface area contributed by atoms with E-state index >= 15 is 0 Å². The Bertz CT molecular complexity index is 449. The van der Waals surface area contributed by atoms with Crippen LogP contribution in [0.3, 0.4) is 0 Å². The molecule has 2 rings (SSSR count). The fraction of sp³-hybridized carbons (Fsp3) is 0.562. The van der Waals surface area contributed by atoms with Gasteiger partial charge in [-0.25, -0.2) is 4.39 Å². The first-order chi connectivity index (χ1) is 10.2. The fourth-order valence-electron chi connectivity index (χ4n) is 2.65. The summed E-state index contributed by atoms with van der Waals surface area (Å²) in [6, 6.07) is 6.16. The molecule has 116 valence electrons. The summed E-state index contributed by atoms with van der Waals surface area (Å²) in [5.41, 5.74) is 6.41. The average molecular weight is 293 g/mol. The minimum atomic E-state index is -0.267. The zero-order valence-corrected chi connectivity index (χ0v) is 12.4. The van der Waals surface area contributed by atoms with Crippen LogP contribution in [0.1, 0.15) is 18.4 Å². The van der Waals surface area contributed by atoms with Crippen LogP contribution >= 0.6 is 0 Å². The van der Waals surface area contributed by atoms with Crippen molar-refractivity contribution in [1.82, 2.24) is 9.80 Å². The molecule has 1 aliphatic rings. The van der Waals surface area contributed by atoms with E-state index in [1.54, 1.807) is 12.1 Å². The maximum Gasteiger partial charge on any atom is 0.227 e. The topological polar surface area (TPSA) is 49.6 Å². The Labute approximate surface area is 125 Å². The van der Waals surface area contributed by atoms with Crippen LogP contribution in [0.25, 0.3) is 0 Å². The van der Waals surface area contributed by atoms with Crippen molar-refractivity contribution < 1.29 is 9.18 Å². The molecule has 1 amide bonds. The van der Waals surface area contributed by atoms with Gasteiger partial charge < -0.3 is 15.5 Å². The van der Waals surface area contributed by atoms with Crippen molar-refractivity contribution in [3.63, 3.8) is 0 Å². The maximum absolute atomic E-state index is 12.9. The highest BCUT2D eigenvalue weighted by Gasteiger charge is 2.18. The lowest BCUT2D eigenvalue weighted by Crippen LogP contribution is -2.36. The van der Waals surface area contributed by atoms with Crippen molar-refractivity contribution in [2.45, 2.75) is 19.3 Å². The predicted molar refractivity (Wildman–Crippen MR) is 81.4 cm³/mol. The highest BCUT2D eigenvalue weighted by atomic mass is 19.1. The van der Waals surface area contributed by atoms with Crippen LogP contribution in [-0.2, 0) is 11.2 Å². The van der Waals surface area contributed by atoms with Crippen molar-refractivity contribution in [1.29, 1.82) is 0 Å². The summed E-state index contributed by atoms with van der Waals surface area (Å²) in [5.74, 6) is -0.140. The molecule has 0 aromatic heterocycles. The summed E-state index contributed by atoms with van der Waals surface area (Å²) in [6.07, 6.45) is 2.35. The molecule has 0 saturated carbocycles. The van der Waals surface area contributed by atoms with Crippen LogP contribution in [0.15, 0.2) is 24.3 Å². The number of carbonyl (C=O) groups excluding carboxylic acids is 1. The fourth-order valence-corrected chi connectivity index (χ4v) is 2.65. The van der Waals surface area contributed by atoms with Gasteiger partial charge in [-0.2, -0.15) is 0 Å². The molecule has 1 saturated heterocycles. The number of hydrogen-bond acceptors (Lipinski definition) is 3. The first kappa shape index (κ1) is 15.9. The normalized spacial score (nSPS) is 16.8. The molecule has 1 fully saturated rings. The molecule has 0 aliphatic carbocycles. The van der Waals surface area contributed by atoms with Gasteiger partial charge in [0.15, 0.2) is 0 Å². The second-order valence-corrected chi connectivity index (χ2v) is 5.52. The summed E-state index contributed by atoms with van der Waals surface area (Å²) in [7, 11) is 0. The van der Waals surface area contributed by atoms with E-state index in [1.165, 1.54) is 12.1 Å². The zero-order chi connectivity index (χ0) is 15.1. The third-order valence-electron chi connectivity index (χ3n) is 3.89. The lowest BCUT2D eigenvalue weighted by atomic mass is 10.1. The second-order valence-electron chi connectivity index (χ2n) is 5.52. The van der Waals surface area contributed by atoms with Crippen molar-refractivity contribution in [3.8, 4) is 0 Å². The van der Waals surface area contributed by atoms with Crippen molar-refractivity contribution in [2.75, 3.05) is 39.3 Å². The molecule has 0 atom stereocenters. The molecule has 1 heterocycles. The molecule has 0 spiro atoms. The molecule has 5 heteroatoms. The minimum Gasteiger partial charge on any atom is -0.341 e. The lowest BCUT2D eigenvalue weighted by molar-refractivity contribution is -0.130. The molecular weight excluding hydrogens is 269 g/mol. The first-order valence-electron chi connectivity index (χ1n) is 7.63. The Morgan fingerprint density at radius 2 is 1.90 bits per heavy atom. The summed E-state index contributed by atoms with van der Waals surface area (Å²) in [5, 5.41) is 0. The van der Waals surface area contributed by atoms with Gasteiger partial charge in [-0.05, 0) is 50.2 Å². The molecule has 1 aromatic carbocycles. The quantitative estimate of drug-likeness (QED) is 0.889. The van der Waals surface area contributed by atoms with E-state index in [2.05, 4.69) is 4.90 Å². The highest BCUT2D eigenvalue weighted by molar-refractivity contribution is 5.78. The lowest BCUT2D eigenvalue weighted by Gasteiger charge is -2.22. The first-order valence-corrected chi connectivity index (χ1v) is 7.63. The van der Waals surface area contributed by atoms with E-state index < -0.39 is 0 Å². The van der Waals surface area contributed by atoms with E-state index in [-0.39, 0.29) is 11.7 Å². The van der Waals surface area contributed by atoms with Gasteiger partial charge in [0.05, 0.1) is 6.42 Å². The Kier molecular flexibility index (Phi) is 6.14. The molecule has 21 heavy (non-hydrogen) atoms. The van der Waals surface area contributed by atoms with E-state index in [0.717, 1.165) is 51.1 Å². The summed E-state index contributed by atoms with van der Waals surface area (Å²) < 4.78 is 12.9. The molecule has 1 aromatic rings. The van der Waals surface area contributed by atoms with Gasteiger partial charge in [-0.15, -0.1) is 0 Å². The second kappa shape index (κ2) is 8.10. The molecule has 0 radical (unpaired) electrons. The van der Waals surface area contributed by atoms with Crippen LogP contribution < -0.4 is 5.73 Å². The van der Waals surface area contributed by atoms with Crippen LogP contribution in [-0.4, -0.2) is 55.0 Å². The molecule has 1 aliphatic heterocycles. The van der Waals surface area contributed by atoms with Crippen LogP contribution in [0.5, 0.6) is 0 Å². The van der Waals surface area contributed by atoms with Gasteiger partial charge in [0.25, 0.3) is 0 Å². The van der Waals surface area contributed by atoms with Gasteiger partial charge >= 0.3 is 0 Å². The van der Waals surface area contributed by atoms with Gasteiger partial charge in [-0.1, -0.05) is 12.1 Å². The molecular formula is C16H24FN3O. The standard InChI is InChI=1S/C16H24FN3O/c17-15-5-3-14(4-6-15)13-16(21)20-10-2-9-19(11-12-20)8-1-7-18/h3-6H,1-2,7-13,18H2. The molecule has 2 N–H and O–H groups in total. The Morgan fingerprint density at radius 1 is 1.14 bits per heavy atom. The maximum atomic E-state index is 12.9. The number of hydrogen-bond donors (Lipinski definition) is 1. The van der Waals surface area contributed by atoms with Crippen molar-refractivity contribution in [2.24, 2.45) is 5.73 Å². The predicted octanol–water partition coefficient (Wildman–Crippen LogP) is 1.25.